The first-order valence-corrected chi connectivity index (χ1v) is 15.1. The second-order valence-electron chi connectivity index (χ2n) is 12.9. The van der Waals surface area contributed by atoms with E-state index in [-0.39, 0.29) is 30.2 Å². The number of aliphatic hydroxyl groups is 1. The normalized spacial score (nSPS) is 31.8. The van der Waals surface area contributed by atoms with E-state index in [4.69, 9.17) is 0 Å². The Balaban J connectivity index is 1.03. The van der Waals surface area contributed by atoms with Crippen molar-refractivity contribution in [3.05, 3.63) is 47.7 Å². The molecule has 0 amide bonds. The predicted molar refractivity (Wildman–Crippen MR) is 150 cm³/mol. The molecular formula is C32H43N3O3. The van der Waals surface area contributed by atoms with Gasteiger partial charge in [0.2, 0.25) is 0 Å². The van der Waals surface area contributed by atoms with Crippen LogP contribution in [0.2, 0.25) is 0 Å². The Hall–Kier alpha value is -2.44. The van der Waals surface area contributed by atoms with Crippen LogP contribution < -0.4 is 0 Å². The van der Waals surface area contributed by atoms with Crippen LogP contribution in [0.4, 0.5) is 0 Å². The lowest BCUT2D eigenvalue weighted by molar-refractivity contribution is 0.109. The summed E-state index contributed by atoms with van der Waals surface area (Å²) in [4.78, 5) is 2.67. The molecule has 4 aliphatic rings. The van der Waals surface area contributed by atoms with E-state index in [1.165, 1.54) is 49.4 Å². The summed E-state index contributed by atoms with van der Waals surface area (Å²) in [6, 6.07) is 11.5. The average Bonchev–Trinajstić information content (AvgIpc) is 3.68. The minimum atomic E-state index is 0.162. The summed E-state index contributed by atoms with van der Waals surface area (Å²) >= 11 is 0. The second kappa shape index (κ2) is 9.63. The topological polar surface area (TPSA) is 73.8 Å². The monoisotopic (exact) mass is 517 g/mol. The predicted octanol–water partition coefficient (Wildman–Crippen LogP) is 5.83. The number of piperidine rings is 1. The highest BCUT2D eigenvalue weighted by molar-refractivity contribution is 5.80. The minimum Gasteiger partial charge on any atom is -0.494 e. The van der Waals surface area contributed by atoms with Crippen molar-refractivity contribution in [2.24, 2.45) is 23.7 Å². The van der Waals surface area contributed by atoms with Gasteiger partial charge in [0.05, 0.1) is 0 Å². The zero-order valence-corrected chi connectivity index (χ0v) is 22.7. The van der Waals surface area contributed by atoms with E-state index < -0.39 is 0 Å². The van der Waals surface area contributed by atoms with Crippen molar-refractivity contribution in [3.8, 4) is 11.8 Å². The molecule has 4 unspecified atom stereocenters. The standard InChI is InChI=1S/C32H43N3O3/c1-20-25-16-26(27(20)19-36)30-29(25)31(37)35(32(30)38)18-23-8-3-2-7-22(23)17-33-13-11-24(12-14-33)34-15-10-21-6-4-5-9-28(21)34/h4-6,9-10,15,20,22-27,36-38H,2-3,7-8,11-14,16-19H2,1H3/t20?,22-,23-,25?,26?,27?/m0/s1. The van der Waals surface area contributed by atoms with Crippen LogP contribution in [0, 0.1) is 23.7 Å². The van der Waals surface area contributed by atoms with Gasteiger partial charge in [0, 0.05) is 61.7 Å². The fraction of sp³-hybridized carbons (Fsp3) is 0.625. The average molecular weight is 518 g/mol. The molecule has 7 rings (SSSR count). The maximum absolute atomic E-state index is 11.3. The second-order valence-corrected chi connectivity index (χ2v) is 12.9. The Bertz CT molecular complexity index is 1300. The van der Waals surface area contributed by atoms with Gasteiger partial charge in [-0.05, 0) is 85.1 Å². The first-order chi connectivity index (χ1) is 18.5. The van der Waals surface area contributed by atoms with Gasteiger partial charge in [0.25, 0.3) is 0 Å². The van der Waals surface area contributed by atoms with E-state index >= 15 is 0 Å². The maximum atomic E-state index is 11.3. The van der Waals surface area contributed by atoms with Gasteiger partial charge in [-0.2, -0.15) is 0 Å². The van der Waals surface area contributed by atoms with Crippen molar-refractivity contribution in [2.45, 2.75) is 76.3 Å². The Morgan fingerprint density at radius 2 is 1.53 bits per heavy atom. The van der Waals surface area contributed by atoms with Crippen molar-refractivity contribution >= 4 is 10.9 Å². The van der Waals surface area contributed by atoms with E-state index in [9.17, 15) is 15.3 Å². The van der Waals surface area contributed by atoms with Gasteiger partial charge < -0.3 is 24.8 Å². The number of hydrogen-bond donors (Lipinski definition) is 3. The largest absolute Gasteiger partial charge is 0.494 e. The number of fused-ring (bicyclic) bond motifs is 6. The molecule has 204 valence electrons. The molecule has 6 heteroatoms. The number of aromatic hydroxyl groups is 2. The van der Waals surface area contributed by atoms with Crippen LogP contribution in [-0.2, 0) is 6.54 Å². The van der Waals surface area contributed by atoms with E-state index in [2.05, 4.69) is 52.9 Å². The molecule has 1 aliphatic heterocycles. The molecule has 3 aliphatic carbocycles. The zero-order chi connectivity index (χ0) is 26.0. The fourth-order valence-electron chi connectivity index (χ4n) is 9.00. The lowest BCUT2D eigenvalue weighted by Crippen LogP contribution is -2.40. The molecule has 6 nitrogen and oxygen atoms in total. The summed E-state index contributed by atoms with van der Waals surface area (Å²) < 4.78 is 4.32. The Labute approximate surface area is 225 Å². The number of hydrogen-bond acceptors (Lipinski definition) is 4. The van der Waals surface area contributed by atoms with Crippen LogP contribution in [0.3, 0.4) is 0 Å². The maximum Gasteiger partial charge on any atom is 0.197 e. The molecule has 2 aromatic heterocycles. The smallest absolute Gasteiger partial charge is 0.197 e. The fourth-order valence-corrected chi connectivity index (χ4v) is 9.00. The van der Waals surface area contributed by atoms with E-state index in [1.807, 2.05) is 4.57 Å². The molecule has 3 fully saturated rings. The third-order valence-corrected chi connectivity index (χ3v) is 11.1. The van der Waals surface area contributed by atoms with E-state index in [0.717, 1.165) is 37.2 Å². The molecule has 0 spiro atoms. The summed E-state index contributed by atoms with van der Waals surface area (Å²) in [6.45, 7) is 6.47. The number of benzene rings is 1. The van der Waals surface area contributed by atoms with E-state index in [1.54, 1.807) is 0 Å². The number of nitrogens with zero attached hydrogens (tertiary/aromatic N) is 3. The molecule has 2 bridgehead atoms. The minimum absolute atomic E-state index is 0.162. The molecular weight excluding hydrogens is 474 g/mol. The Kier molecular flexibility index (Phi) is 6.23. The third-order valence-electron chi connectivity index (χ3n) is 11.1. The zero-order valence-electron chi connectivity index (χ0n) is 22.7. The summed E-state index contributed by atoms with van der Waals surface area (Å²) in [5.74, 6) is 2.66. The number of para-hydroxylation sites is 1. The molecule has 38 heavy (non-hydrogen) atoms. The molecule has 3 heterocycles. The van der Waals surface area contributed by atoms with Crippen LogP contribution in [0.1, 0.15) is 80.9 Å². The van der Waals surface area contributed by atoms with Gasteiger partial charge in [-0.25, -0.2) is 0 Å². The molecule has 0 radical (unpaired) electrons. The first-order valence-electron chi connectivity index (χ1n) is 15.1. The molecule has 6 atom stereocenters. The molecule has 1 aromatic carbocycles. The number of aliphatic hydroxyl groups excluding tert-OH is 1. The summed E-state index contributed by atoms with van der Waals surface area (Å²) in [6.07, 6.45) is 10.5. The van der Waals surface area contributed by atoms with Crippen LogP contribution in [0.5, 0.6) is 11.8 Å². The van der Waals surface area contributed by atoms with Gasteiger partial charge in [0.15, 0.2) is 11.8 Å². The number of rotatable bonds is 6. The molecule has 1 saturated heterocycles. The summed E-state index contributed by atoms with van der Waals surface area (Å²) in [5, 5.41) is 33.9. The van der Waals surface area contributed by atoms with Gasteiger partial charge in [0.1, 0.15) is 0 Å². The van der Waals surface area contributed by atoms with Crippen LogP contribution in [0.15, 0.2) is 36.5 Å². The number of likely N-dealkylation sites (tertiary alicyclic amines) is 1. The van der Waals surface area contributed by atoms with Crippen LogP contribution in [-0.4, -0.2) is 55.6 Å². The van der Waals surface area contributed by atoms with Crippen LogP contribution in [0.25, 0.3) is 10.9 Å². The molecule has 3 aromatic rings. The van der Waals surface area contributed by atoms with Crippen molar-refractivity contribution in [1.29, 1.82) is 0 Å². The first kappa shape index (κ1) is 24.6. The Morgan fingerprint density at radius 1 is 0.842 bits per heavy atom. The lowest BCUT2D eigenvalue weighted by atomic mass is 9.78. The highest BCUT2D eigenvalue weighted by Gasteiger charge is 2.53. The lowest BCUT2D eigenvalue weighted by Gasteiger charge is -2.39. The van der Waals surface area contributed by atoms with Gasteiger partial charge in [-0.15, -0.1) is 0 Å². The SMILES string of the molecule is CC1C2CC(c3c2c(O)n(C[C@@H]2CCCC[C@H]2CN2CCC(n4ccc5ccccc54)CC2)c3O)C1CO. The van der Waals surface area contributed by atoms with Crippen LogP contribution >= 0.6 is 0 Å². The summed E-state index contributed by atoms with van der Waals surface area (Å²) in [7, 11) is 0. The quantitative estimate of drug-likeness (QED) is 0.385. The van der Waals surface area contributed by atoms with Crippen molar-refractivity contribution in [3.63, 3.8) is 0 Å². The van der Waals surface area contributed by atoms with Crippen molar-refractivity contribution < 1.29 is 15.3 Å². The molecule has 2 saturated carbocycles. The van der Waals surface area contributed by atoms with Gasteiger partial charge in [-0.1, -0.05) is 38.0 Å². The molecule has 3 N–H and O–H groups in total. The highest BCUT2D eigenvalue weighted by atomic mass is 16.3. The Morgan fingerprint density at radius 3 is 2.26 bits per heavy atom. The summed E-state index contributed by atoms with van der Waals surface area (Å²) in [5.41, 5.74) is 3.28. The highest BCUT2D eigenvalue weighted by Crippen LogP contribution is 2.64. The third kappa shape index (κ3) is 3.82. The van der Waals surface area contributed by atoms with Gasteiger partial charge in [-0.3, -0.25) is 4.57 Å². The van der Waals surface area contributed by atoms with Crippen molar-refractivity contribution in [2.75, 3.05) is 26.2 Å². The van der Waals surface area contributed by atoms with Crippen molar-refractivity contribution in [1.82, 2.24) is 14.0 Å². The van der Waals surface area contributed by atoms with E-state index in [0.29, 0.717) is 36.2 Å². The number of aromatic nitrogens is 2. The van der Waals surface area contributed by atoms with Gasteiger partial charge >= 0.3 is 0 Å².